The van der Waals surface area contributed by atoms with Gasteiger partial charge >= 0.3 is 6.09 Å². The van der Waals surface area contributed by atoms with E-state index in [9.17, 15) is 10.1 Å². The highest BCUT2D eigenvalue weighted by molar-refractivity contribution is 5.96. The van der Waals surface area contributed by atoms with Crippen LogP contribution in [0.1, 0.15) is 57.1 Å². The highest BCUT2D eigenvalue weighted by Crippen LogP contribution is 2.45. The average Bonchev–Trinajstić information content (AvgIpc) is 3.82. The molecule has 1 aromatic heterocycles. The third-order valence-corrected chi connectivity index (χ3v) is 7.44. The highest BCUT2D eigenvalue weighted by Gasteiger charge is 2.32. The average molecular weight is 486 g/mol. The van der Waals surface area contributed by atoms with Crippen molar-refractivity contribution in [1.82, 2.24) is 4.57 Å². The van der Waals surface area contributed by atoms with Gasteiger partial charge in [-0.1, -0.05) is 12.1 Å². The van der Waals surface area contributed by atoms with Gasteiger partial charge in [-0.25, -0.2) is 4.79 Å². The Balaban J connectivity index is 1.27. The quantitative estimate of drug-likeness (QED) is 0.398. The Morgan fingerprint density at radius 2 is 1.97 bits per heavy atom. The van der Waals surface area contributed by atoms with Crippen molar-refractivity contribution in [2.75, 3.05) is 18.5 Å². The van der Waals surface area contributed by atoms with Gasteiger partial charge in [-0.3, -0.25) is 5.32 Å². The third-order valence-electron chi connectivity index (χ3n) is 7.44. The van der Waals surface area contributed by atoms with Gasteiger partial charge < -0.3 is 18.8 Å². The van der Waals surface area contributed by atoms with Crippen LogP contribution in [0.5, 0.6) is 5.75 Å². The van der Waals surface area contributed by atoms with Crippen LogP contribution in [-0.4, -0.2) is 36.1 Å². The summed E-state index contributed by atoms with van der Waals surface area (Å²) >= 11 is 0. The van der Waals surface area contributed by atoms with Gasteiger partial charge in [0.15, 0.2) is 0 Å². The topological polar surface area (TPSA) is 85.5 Å². The number of benzene rings is 2. The number of aromatic nitrogens is 1. The number of hydrogen-bond acceptors (Lipinski definition) is 5. The van der Waals surface area contributed by atoms with Crippen molar-refractivity contribution in [2.45, 2.75) is 63.7 Å². The summed E-state index contributed by atoms with van der Waals surface area (Å²) in [5, 5.41) is 13.9. The molecular weight excluding hydrogens is 454 g/mol. The van der Waals surface area contributed by atoms with Crippen LogP contribution < -0.4 is 10.1 Å². The molecule has 3 aromatic rings. The zero-order valence-corrected chi connectivity index (χ0v) is 20.5. The van der Waals surface area contributed by atoms with Gasteiger partial charge in [0.25, 0.3) is 0 Å². The van der Waals surface area contributed by atoms with Crippen LogP contribution in [0.25, 0.3) is 22.2 Å². The number of carbonyl (C=O) groups excluding carboxylic acids is 1. The largest absolute Gasteiger partial charge is 0.491 e. The Bertz CT molecular complexity index is 1310. The van der Waals surface area contributed by atoms with E-state index >= 15 is 0 Å². The third kappa shape index (κ3) is 4.66. The van der Waals surface area contributed by atoms with Crippen LogP contribution in [0.2, 0.25) is 0 Å². The molecule has 6 rings (SSSR count). The molecule has 36 heavy (non-hydrogen) atoms. The predicted octanol–water partition coefficient (Wildman–Crippen LogP) is 6.42. The minimum Gasteiger partial charge on any atom is -0.491 e. The van der Waals surface area contributed by atoms with E-state index in [1.165, 1.54) is 0 Å². The predicted molar refractivity (Wildman–Crippen MR) is 137 cm³/mol. The molecule has 0 radical (unpaired) electrons. The number of nitriles is 1. The Labute approximate surface area is 210 Å². The standard InChI is InChI=1S/C29H31N3O4/c1-18(19-4-5-19)36-29(33)31-21-8-6-20(7-9-21)28-26(16-30)25-13-12-23(35-17-24-3-2-14-34-24)15-27(25)32(28)22-10-11-22/h6-9,12-13,15,18-19,22,24H,2-5,10-11,14,17H2,1H3,(H,31,33)/t18-,24-/m1/s1. The molecule has 0 unspecified atom stereocenters. The van der Waals surface area contributed by atoms with E-state index in [0.717, 1.165) is 73.0 Å². The van der Waals surface area contributed by atoms with Gasteiger partial charge in [-0.05, 0) is 81.2 Å². The Morgan fingerprint density at radius 1 is 1.17 bits per heavy atom. The van der Waals surface area contributed by atoms with Crippen LogP contribution in [0, 0.1) is 17.2 Å². The summed E-state index contributed by atoms with van der Waals surface area (Å²) in [6.45, 7) is 3.30. The maximum Gasteiger partial charge on any atom is 0.411 e. The van der Waals surface area contributed by atoms with Crippen molar-refractivity contribution in [3.05, 3.63) is 48.0 Å². The van der Waals surface area contributed by atoms with Crippen LogP contribution >= 0.6 is 0 Å². The number of amides is 1. The first-order valence-electron chi connectivity index (χ1n) is 13.0. The molecule has 1 N–H and O–H groups in total. The highest BCUT2D eigenvalue weighted by atomic mass is 16.6. The van der Waals surface area contributed by atoms with Gasteiger partial charge in [-0.2, -0.15) is 5.26 Å². The van der Waals surface area contributed by atoms with Gasteiger partial charge in [0.2, 0.25) is 0 Å². The lowest BCUT2D eigenvalue weighted by atomic mass is 10.1. The van der Waals surface area contributed by atoms with E-state index in [4.69, 9.17) is 14.2 Å². The van der Waals surface area contributed by atoms with Crippen LogP contribution in [-0.2, 0) is 9.47 Å². The minimum atomic E-state index is -0.428. The number of ether oxygens (including phenoxy) is 3. The number of nitrogens with one attached hydrogen (secondary N) is 1. The van der Waals surface area contributed by atoms with Crippen molar-refractivity contribution in [3.8, 4) is 23.1 Å². The maximum absolute atomic E-state index is 12.2. The maximum atomic E-state index is 12.2. The molecule has 1 aliphatic heterocycles. The monoisotopic (exact) mass is 485 g/mol. The normalized spacial score (nSPS) is 20.2. The fraction of sp³-hybridized carbons (Fsp3) is 0.448. The van der Waals surface area contributed by atoms with Crippen molar-refractivity contribution in [1.29, 1.82) is 5.26 Å². The van der Waals surface area contributed by atoms with E-state index in [0.29, 0.717) is 29.8 Å². The second kappa shape index (κ2) is 9.51. The molecule has 2 aliphatic carbocycles. The molecule has 3 aliphatic rings. The van der Waals surface area contributed by atoms with Crippen LogP contribution in [0.15, 0.2) is 42.5 Å². The van der Waals surface area contributed by atoms with Crippen LogP contribution in [0.3, 0.4) is 0 Å². The molecule has 2 atom stereocenters. The Hall–Kier alpha value is -3.50. The summed E-state index contributed by atoms with van der Waals surface area (Å²) in [7, 11) is 0. The van der Waals surface area contributed by atoms with E-state index in [2.05, 4.69) is 22.0 Å². The first kappa shape index (κ1) is 22.9. The fourth-order valence-corrected chi connectivity index (χ4v) is 5.14. The van der Waals surface area contributed by atoms with Gasteiger partial charge in [0.05, 0.1) is 22.9 Å². The second-order valence-electron chi connectivity index (χ2n) is 10.2. The Kier molecular flexibility index (Phi) is 6.06. The molecule has 1 amide bonds. The number of anilines is 1. The van der Waals surface area contributed by atoms with Crippen molar-refractivity contribution >= 4 is 22.7 Å². The summed E-state index contributed by atoms with van der Waals surface area (Å²) in [5.74, 6) is 1.29. The molecule has 7 nitrogen and oxygen atoms in total. The summed E-state index contributed by atoms with van der Waals surface area (Å²) in [4.78, 5) is 12.2. The minimum absolute atomic E-state index is 0.0590. The van der Waals surface area contributed by atoms with Gasteiger partial charge in [-0.15, -0.1) is 0 Å². The first-order valence-corrected chi connectivity index (χ1v) is 13.0. The van der Waals surface area contributed by atoms with Crippen molar-refractivity contribution in [2.24, 2.45) is 5.92 Å². The number of rotatable bonds is 8. The molecule has 186 valence electrons. The summed E-state index contributed by atoms with van der Waals surface area (Å²) < 4.78 is 19.5. The molecule has 2 saturated carbocycles. The SMILES string of the molecule is C[C@@H](OC(=O)Nc1ccc(-c2c(C#N)c3ccc(OC[C@H]4CCCO4)cc3n2C2CC2)cc1)C1CC1. The second-order valence-corrected chi connectivity index (χ2v) is 10.2. The van der Waals surface area contributed by atoms with Crippen molar-refractivity contribution in [3.63, 3.8) is 0 Å². The molecule has 2 aromatic carbocycles. The number of nitrogens with zero attached hydrogens (tertiary/aromatic N) is 2. The molecule has 7 heteroatoms. The first-order chi connectivity index (χ1) is 17.6. The van der Waals surface area contributed by atoms with Gasteiger partial charge in [0.1, 0.15) is 24.5 Å². The molecule has 3 fully saturated rings. The fourth-order valence-electron chi connectivity index (χ4n) is 5.14. The van der Waals surface area contributed by atoms with E-state index < -0.39 is 6.09 Å². The van der Waals surface area contributed by atoms with E-state index in [1.54, 1.807) is 0 Å². The number of carbonyl (C=O) groups is 1. The lowest BCUT2D eigenvalue weighted by Gasteiger charge is -2.14. The zero-order chi connectivity index (χ0) is 24.6. The summed E-state index contributed by atoms with van der Waals surface area (Å²) in [6, 6.07) is 16.5. The summed E-state index contributed by atoms with van der Waals surface area (Å²) in [6.07, 6.45) is 6.22. The van der Waals surface area contributed by atoms with E-state index in [1.807, 2.05) is 43.3 Å². The number of fused-ring (bicyclic) bond motifs is 1. The molecule has 1 saturated heterocycles. The lowest BCUT2D eigenvalue weighted by Crippen LogP contribution is -2.21. The lowest BCUT2D eigenvalue weighted by molar-refractivity contribution is 0.0680. The zero-order valence-electron chi connectivity index (χ0n) is 20.5. The molecular formula is C29H31N3O4. The smallest absolute Gasteiger partial charge is 0.411 e. The Morgan fingerprint density at radius 3 is 2.64 bits per heavy atom. The summed E-state index contributed by atoms with van der Waals surface area (Å²) in [5.41, 5.74) is 4.23. The van der Waals surface area contributed by atoms with E-state index in [-0.39, 0.29) is 12.2 Å². The molecule has 0 bridgehead atoms. The molecule has 2 heterocycles. The van der Waals surface area contributed by atoms with Gasteiger partial charge in [0, 0.05) is 29.8 Å². The molecule has 0 spiro atoms. The number of hydrogen-bond donors (Lipinski definition) is 1. The van der Waals surface area contributed by atoms with Crippen LogP contribution in [0.4, 0.5) is 10.5 Å². The van der Waals surface area contributed by atoms with Crippen molar-refractivity contribution < 1.29 is 19.0 Å².